The number of imide groups is 1. The molecule has 0 aliphatic carbocycles. The van der Waals surface area contributed by atoms with Crippen LogP contribution in [0.1, 0.15) is 18.4 Å². The third kappa shape index (κ3) is 4.48. The summed E-state index contributed by atoms with van der Waals surface area (Å²) < 4.78 is 0. The molecule has 1 fully saturated rings. The van der Waals surface area contributed by atoms with Crippen molar-refractivity contribution in [1.82, 2.24) is 16.0 Å². The van der Waals surface area contributed by atoms with Gasteiger partial charge in [-0.15, -0.1) is 0 Å². The summed E-state index contributed by atoms with van der Waals surface area (Å²) in [5, 5.41) is 16.5. The monoisotopic (exact) mass is 291 g/mol. The van der Waals surface area contributed by atoms with Gasteiger partial charge in [-0.05, 0) is 30.5 Å². The zero-order valence-corrected chi connectivity index (χ0v) is 11.4. The first kappa shape index (κ1) is 14.8. The second kappa shape index (κ2) is 6.74. The molecule has 0 spiro atoms. The summed E-state index contributed by atoms with van der Waals surface area (Å²) >= 11 is 0. The number of amides is 4. The molecule has 1 atom stereocenters. The maximum atomic E-state index is 11.9. The Kier molecular flexibility index (Phi) is 4.76. The Morgan fingerprint density at radius 3 is 2.71 bits per heavy atom. The van der Waals surface area contributed by atoms with E-state index in [1.54, 1.807) is 24.3 Å². The number of phenolic OH excluding ortho intramolecular Hbond substituents is 1. The zero-order chi connectivity index (χ0) is 15.2. The number of urea groups is 1. The molecule has 0 bridgehead atoms. The number of carbonyl (C=O) groups excluding carboxylic acids is 3. The lowest BCUT2D eigenvalue weighted by Crippen LogP contribution is -2.48. The summed E-state index contributed by atoms with van der Waals surface area (Å²) in [6.07, 6.45) is 1.03. The van der Waals surface area contributed by atoms with Gasteiger partial charge in [0.25, 0.3) is 0 Å². The van der Waals surface area contributed by atoms with E-state index >= 15 is 0 Å². The molecule has 1 aromatic rings. The van der Waals surface area contributed by atoms with Gasteiger partial charge in [-0.3, -0.25) is 14.9 Å². The Balaban J connectivity index is 1.79. The highest BCUT2D eigenvalue weighted by Crippen LogP contribution is 2.09. The number of hydrogen-bond acceptors (Lipinski definition) is 4. The SMILES string of the molecule is O=C1CCC(C(=O)NCCc2ccc(O)cc2)NC(=O)N1. The van der Waals surface area contributed by atoms with Gasteiger partial charge in [-0.1, -0.05) is 12.1 Å². The molecular weight excluding hydrogens is 274 g/mol. The minimum absolute atomic E-state index is 0.134. The highest BCUT2D eigenvalue weighted by Gasteiger charge is 2.25. The first-order valence-electron chi connectivity index (χ1n) is 6.70. The van der Waals surface area contributed by atoms with Gasteiger partial charge in [0.1, 0.15) is 11.8 Å². The third-order valence-electron chi connectivity index (χ3n) is 3.18. The standard InChI is InChI=1S/C14H17N3O4/c18-10-3-1-9(2-4-10)7-8-15-13(20)11-5-6-12(19)17-14(21)16-11/h1-4,11,18H,5-8H2,(H,15,20)(H2,16,17,19,21). The van der Waals surface area contributed by atoms with E-state index in [9.17, 15) is 19.5 Å². The van der Waals surface area contributed by atoms with E-state index in [0.717, 1.165) is 5.56 Å². The smallest absolute Gasteiger partial charge is 0.322 e. The van der Waals surface area contributed by atoms with Gasteiger partial charge in [0, 0.05) is 13.0 Å². The summed E-state index contributed by atoms with van der Waals surface area (Å²) in [5.74, 6) is -0.494. The second-order valence-corrected chi connectivity index (χ2v) is 4.82. The number of rotatable bonds is 4. The largest absolute Gasteiger partial charge is 0.508 e. The molecule has 1 saturated heterocycles. The topological polar surface area (TPSA) is 108 Å². The molecule has 7 nitrogen and oxygen atoms in total. The van der Waals surface area contributed by atoms with Gasteiger partial charge >= 0.3 is 6.03 Å². The molecule has 1 aliphatic heterocycles. The number of nitrogens with one attached hydrogen (secondary N) is 3. The van der Waals surface area contributed by atoms with Gasteiger partial charge in [-0.2, -0.15) is 0 Å². The molecule has 112 valence electrons. The lowest BCUT2D eigenvalue weighted by Gasteiger charge is -2.14. The predicted octanol–water partition coefficient (Wildman–Crippen LogP) is 0.0391. The molecule has 0 saturated carbocycles. The quantitative estimate of drug-likeness (QED) is 0.628. The number of phenols is 1. The van der Waals surface area contributed by atoms with E-state index in [1.807, 2.05) is 0 Å². The van der Waals surface area contributed by atoms with E-state index < -0.39 is 12.1 Å². The molecular formula is C14H17N3O4. The van der Waals surface area contributed by atoms with E-state index in [4.69, 9.17) is 0 Å². The lowest BCUT2D eigenvalue weighted by molar-refractivity contribution is -0.123. The Morgan fingerprint density at radius 1 is 1.29 bits per heavy atom. The molecule has 4 N–H and O–H groups in total. The molecule has 21 heavy (non-hydrogen) atoms. The van der Waals surface area contributed by atoms with E-state index in [-0.39, 0.29) is 30.4 Å². The van der Waals surface area contributed by atoms with E-state index in [1.165, 1.54) is 0 Å². The summed E-state index contributed by atoms with van der Waals surface area (Å²) in [7, 11) is 0. The maximum Gasteiger partial charge on any atom is 0.322 e. The van der Waals surface area contributed by atoms with Crippen molar-refractivity contribution in [3.63, 3.8) is 0 Å². The summed E-state index contributed by atoms with van der Waals surface area (Å²) in [4.78, 5) is 34.4. The molecule has 7 heteroatoms. The fourth-order valence-corrected chi connectivity index (χ4v) is 2.04. The normalized spacial score (nSPS) is 18.4. The van der Waals surface area contributed by atoms with Crippen molar-refractivity contribution in [1.29, 1.82) is 0 Å². The van der Waals surface area contributed by atoms with E-state index in [2.05, 4.69) is 16.0 Å². The Labute approximate surface area is 121 Å². The van der Waals surface area contributed by atoms with Crippen LogP contribution in [0.5, 0.6) is 5.75 Å². The van der Waals surface area contributed by atoms with Crippen LogP contribution >= 0.6 is 0 Å². The zero-order valence-electron chi connectivity index (χ0n) is 11.4. The molecule has 0 aromatic heterocycles. The average molecular weight is 291 g/mol. The second-order valence-electron chi connectivity index (χ2n) is 4.82. The van der Waals surface area contributed by atoms with Gasteiger partial charge in [-0.25, -0.2) is 4.79 Å². The fourth-order valence-electron chi connectivity index (χ4n) is 2.04. The first-order valence-corrected chi connectivity index (χ1v) is 6.70. The highest BCUT2D eigenvalue weighted by molar-refractivity contribution is 5.98. The van der Waals surface area contributed by atoms with Crippen molar-refractivity contribution in [3.05, 3.63) is 29.8 Å². The summed E-state index contributed by atoms with van der Waals surface area (Å²) in [6.45, 7) is 0.414. The lowest BCUT2D eigenvalue weighted by atomic mass is 10.1. The van der Waals surface area contributed by atoms with E-state index in [0.29, 0.717) is 13.0 Å². The van der Waals surface area contributed by atoms with Crippen molar-refractivity contribution in [3.8, 4) is 5.75 Å². The Morgan fingerprint density at radius 2 is 2.00 bits per heavy atom. The first-order chi connectivity index (χ1) is 10.0. The van der Waals surface area contributed by atoms with Gasteiger partial charge in [0.15, 0.2) is 0 Å². The van der Waals surface area contributed by atoms with Gasteiger partial charge in [0.05, 0.1) is 0 Å². The summed E-state index contributed by atoms with van der Waals surface area (Å²) in [6, 6.07) is 5.38. The number of benzene rings is 1. The van der Waals surface area contributed by atoms with Crippen LogP contribution in [0.3, 0.4) is 0 Å². The molecule has 1 aromatic carbocycles. The Hall–Kier alpha value is -2.57. The van der Waals surface area contributed by atoms with Crippen LogP contribution in [0.2, 0.25) is 0 Å². The van der Waals surface area contributed by atoms with Gasteiger partial charge < -0.3 is 15.7 Å². The molecule has 2 rings (SSSR count). The molecule has 1 aliphatic rings. The van der Waals surface area contributed by atoms with Crippen molar-refractivity contribution >= 4 is 17.8 Å². The predicted molar refractivity (Wildman–Crippen MR) is 74.5 cm³/mol. The molecule has 1 heterocycles. The van der Waals surface area contributed by atoms with Crippen molar-refractivity contribution in [2.45, 2.75) is 25.3 Å². The van der Waals surface area contributed by atoms with Crippen LogP contribution in [-0.4, -0.2) is 35.5 Å². The van der Waals surface area contributed by atoms with Crippen LogP contribution in [0.25, 0.3) is 0 Å². The number of aromatic hydroxyl groups is 1. The summed E-state index contributed by atoms with van der Waals surface area (Å²) in [5.41, 5.74) is 0.981. The minimum atomic E-state index is -0.698. The van der Waals surface area contributed by atoms with Gasteiger partial charge in [0.2, 0.25) is 11.8 Å². The molecule has 0 radical (unpaired) electrons. The van der Waals surface area contributed by atoms with Crippen LogP contribution in [0.15, 0.2) is 24.3 Å². The van der Waals surface area contributed by atoms with Crippen LogP contribution in [-0.2, 0) is 16.0 Å². The van der Waals surface area contributed by atoms with Crippen LogP contribution in [0, 0.1) is 0 Å². The number of hydrogen-bond donors (Lipinski definition) is 4. The van der Waals surface area contributed by atoms with Crippen molar-refractivity contribution < 1.29 is 19.5 Å². The highest BCUT2D eigenvalue weighted by atomic mass is 16.3. The fraction of sp³-hybridized carbons (Fsp3) is 0.357. The minimum Gasteiger partial charge on any atom is -0.508 e. The average Bonchev–Trinajstić information content (AvgIpc) is 2.61. The third-order valence-corrected chi connectivity index (χ3v) is 3.18. The number of carbonyl (C=O) groups is 3. The maximum absolute atomic E-state index is 11.9. The van der Waals surface area contributed by atoms with Crippen LogP contribution in [0.4, 0.5) is 4.79 Å². The van der Waals surface area contributed by atoms with Crippen LogP contribution < -0.4 is 16.0 Å². The molecule has 4 amide bonds. The van der Waals surface area contributed by atoms with Crippen molar-refractivity contribution in [2.75, 3.05) is 6.54 Å². The molecule has 1 unspecified atom stereocenters. The Bertz CT molecular complexity index is 542. The van der Waals surface area contributed by atoms with Crippen molar-refractivity contribution in [2.24, 2.45) is 0 Å².